The molecule has 27 heavy (non-hydrogen) atoms. The summed E-state index contributed by atoms with van der Waals surface area (Å²) in [4.78, 5) is 26.1. The number of primary amides is 1. The van der Waals surface area contributed by atoms with Crippen molar-refractivity contribution in [2.24, 2.45) is 5.73 Å². The van der Waals surface area contributed by atoms with E-state index in [9.17, 15) is 9.59 Å². The average Bonchev–Trinajstić information content (AvgIpc) is 3.06. The molecular weight excluding hydrogens is 364 g/mol. The van der Waals surface area contributed by atoms with Crippen molar-refractivity contribution in [3.63, 3.8) is 0 Å². The summed E-state index contributed by atoms with van der Waals surface area (Å²) >= 11 is 0. The Bertz CT molecular complexity index is 909. The van der Waals surface area contributed by atoms with Gasteiger partial charge in [0.2, 0.25) is 5.91 Å². The number of amides is 2. The van der Waals surface area contributed by atoms with E-state index in [1.807, 2.05) is 36.5 Å². The number of carbonyl (C=O) groups excluding carboxylic acids is 2. The first-order valence-corrected chi connectivity index (χ1v) is 8.54. The smallest absolute Gasteiger partial charge is 0.251 e. The predicted molar refractivity (Wildman–Crippen MR) is 109 cm³/mol. The van der Waals surface area contributed by atoms with Crippen molar-refractivity contribution in [3.05, 3.63) is 71.4 Å². The van der Waals surface area contributed by atoms with Crippen molar-refractivity contribution in [2.45, 2.75) is 13.0 Å². The molecular formula is C20H23ClN4O2. The molecule has 0 aliphatic heterocycles. The van der Waals surface area contributed by atoms with Crippen molar-refractivity contribution in [2.75, 3.05) is 13.1 Å². The van der Waals surface area contributed by atoms with Crippen molar-refractivity contribution in [1.29, 1.82) is 0 Å². The van der Waals surface area contributed by atoms with Crippen LogP contribution in [0.15, 0.2) is 54.7 Å². The number of nitrogens with two attached hydrogens (primary N) is 1. The van der Waals surface area contributed by atoms with Crippen molar-refractivity contribution in [3.8, 4) is 0 Å². The van der Waals surface area contributed by atoms with E-state index in [0.29, 0.717) is 5.56 Å². The van der Waals surface area contributed by atoms with Crippen LogP contribution in [0, 0.1) is 0 Å². The molecule has 3 aromatic rings. The highest BCUT2D eigenvalue weighted by atomic mass is 35.5. The van der Waals surface area contributed by atoms with Crippen molar-refractivity contribution >= 4 is 35.1 Å². The fraction of sp³-hybridized carbons (Fsp3) is 0.200. The molecule has 1 heterocycles. The van der Waals surface area contributed by atoms with E-state index >= 15 is 0 Å². The summed E-state index contributed by atoms with van der Waals surface area (Å²) in [5, 5.41) is 6.95. The molecule has 7 heteroatoms. The summed E-state index contributed by atoms with van der Waals surface area (Å²) in [7, 11) is 0. The van der Waals surface area contributed by atoms with Gasteiger partial charge in [-0.25, -0.2) is 0 Å². The minimum absolute atomic E-state index is 0. The minimum Gasteiger partial charge on any atom is -0.368 e. The van der Waals surface area contributed by atoms with Crippen molar-refractivity contribution < 1.29 is 9.59 Å². The number of benzene rings is 2. The summed E-state index contributed by atoms with van der Waals surface area (Å²) in [5.74, 6) is -0.869. The second-order valence-electron chi connectivity index (χ2n) is 6.14. The lowest BCUT2D eigenvalue weighted by molar-refractivity contribution is -0.117. The molecule has 6 nitrogen and oxygen atoms in total. The highest BCUT2D eigenvalue weighted by molar-refractivity contribution is 6.00. The van der Waals surface area contributed by atoms with Gasteiger partial charge in [-0.1, -0.05) is 30.3 Å². The molecule has 0 saturated carbocycles. The molecule has 1 aromatic heterocycles. The third-order valence-electron chi connectivity index (χ3n) is 4.20. The predicted octanol–water partition coefficient (Wildman–Crippen LogP) is 2.14. The lowest BCUT2D eigenvalue weighted by Crippen LogP contribution is -2.33. The number of halogens is 1. The molecule has 0 fully saturated rings. The van der Waals surface area contributed by atoms with Crippen LogP contribution in [0.3, 0.4) is 0 Å². The van der Waals surface area contributed by atoms with Crippen LogP contribution in [-0.4, -0.2) is 29.9 Å². The lowest BCUT2D eigenvalue weighted by atomic mass is 10.1. The Morgan fingerprint density at radius 2 is 1.85 bits per heavy atom. The first-order valence-electron chi connectivity index (χ1n) is 8.54. The van der Waals surface area contributed by atoms with Crippen LogP contribution in [0.25, 0.3) is 10.9 Å². The van der Waals surface area contributed by atoms with Crippen LogP contribution in [0.4, 0.5) is 0 Å². The molecule has 142 valence electrons. The summed E-state index contributed by atoms with van der Waals surface area (Å²) in [6, 6.07) is 15.7. The number of H-pyrrole nitrogens is 1. The van der Waals surface area contributed by atoms with E-state index in [0.717, 1.165) is 36.0 Å². The van der Waals surface area contributed by atoms with E-state index in [2.05, 4.69) is 27.8 Å². The zero-order chi connectivity index (χ0) is 18.4. The first-order chi connectivity index (χ1) is 12.6. The number of fused-ring (bicyclic) bond motifs is 1. The maximum absolute atomic E-state index is 12.1. The van der Waals surface area contributed by atoms with Gasteiger partial charge in [-0.2, -0.15) is 0 Å². The fourth-order valence-electron chi connectivity index (χ4n) is 2.85. The second kappa shape index (κ2) is 9.75. The van der Waals surface area contributed by atoms with Gasteiger partial charge in [0, 0.05) is 29.2 Å². The number of rotatable bonds is 8. The van der Waals surface area contributed by atoms with Gasteiger partial charge in [0.05, 0.1) is 6.54 Å². The maximum atomic E-state index is 12.1. The van der Waals surface area contributed by atoms with Crippen LogP contribution in [0.2, 0.25) is 0 Å². The Kier molecular flexibility index (Phi) is 7.40. The molecule has 3 rings (SSSR count). The molecule has 0 bridgehead atoms. The summed E-state index contributed by atoms with van der Waals surface area (Å²) < 4.78 is 0. The van der Waals surface area contributed by atoms with Gasteiger partial charge < -0.3 is 21.4 Å². The average molecular weight is 387 g/mol. The van der Waals surface area contributed by atoms with Crippen LogP contribution in [0.1, 0.15) is 21.5 Å². The number of nitrogens with one attached hydrogen (secondary N) is 3. The van der Waals surface area contributed by atoms with Gasteiger partial charge in [0.25, 0.3) is 5.91 Å². The van der Waals surface area contributed by atoms with E-state index in [1.54, 1.807) is 6.07 Å². The lowest BCUT2D eigenvalue weighted by Gasteiger charge is -2.06. The molecule has 0 saturated heterocycles. The molecule has 0 unspecified atom stereocenters. The Labute approximate surface area is 163 Å². The largest absolute Gasteiger partial charge is 0.368 e. The van der Waals surface area contributed by atoms with E-state index in [1.165, 1.54) is 5.56 Å². The molecule has 0 atom stereocenters. The number of aromatic nitrogens is 1. The van der Waals surface area contributed by atoms with Gasteiger partial charge in [-0.15, -0.1) is 12.4 Å². The van der Waals surface area contributed by atoms with Crippen molar-refractivity contribution in [1.82, 2.24) is 15.6 Å². The Morgan fingerprint density at radius 3 is 2.59 bits per heavy atom. The van der Waals surface area contributed by atoms with E-state index < -0.39 is 5.91 Å². The molecule has 5 N–H and O–H groups in total. The summed E-state index contributed by atoms with van der Waals surface area (Å²) in [6.07, 6.45) is 2.82. The zero-order valence-electron chi connectivity index (χ0n) is 14.8. The van der Waals surface area contributed by atoms with Crippen LogP contribution >= 0.6 is 12.4 Å². The maximum Gasteiger partial charge on any atom is 0.251 e. The topological polar surface area (TPSA) is 100 Å². The molecule has 0 aliphatic rings. The monoisotopic (exact) mass is 386 g/mol. The van der Waals surface area contributed by atoms with Gasteiger partial charge in [0.15, 0.2) is 0 Å². The highest BCUT2D eigenvalue weighted by Crippen LogP contribution is 2.20. The Morgan fingerprint density at radius 1 is 1.07 bits per heavy atom. The van der Waals surface area contributed by atoms with E-state index in [4.69, 9.17) is 5.73 Å². The van der Waals surface area contributed by atoms with Crippen LogP contribution in [0.5, 0.6) is 0 Å². The first kappa shape index (κ1) is 20.5. The fourth-order valence-corrected chi connectivity index (χ4v) is 2.85. The second-order valence-corrected chi connectivity index (χ2v) is 6.14. The van der Waals surface area contributed by atoms with Crippen LogP contribution in [-0.2, 0) is 17.8 Å². The third kappa shape index (κ3) is 5.57. The van der Waals surface area contributed by atoms with Gasteiger partial charge in [-0.3, -0.25) is 9.59 Å². The molecule has 0 spiro atoms. The number of hydrogen-bond donors (Lipinski definition) is 4. The number of aromatic amines is 1. The Balaban J connectivity index is 0.00000261. The van der Waals surface area contributed by atoms with Crippen LogP contribution < -0.4 is 16.4 Å². The third-order valence-corrected chi connectivity index (χ3v) is 4.20. The van der Waals surface area contributed by atoms with Gasteiger partial charge in [-0.05, 0) is 42.3 Å². The van der Waals surface area contributed by atoms with Gasteiger partial charge >= 0.3 is 0 Å². The molecule has 0 aliphatic carbocycles. The SMILES string of the molecule is Cl.NC(=O)CNC(=O)c1ccc2[nH]cc(CCNCc3ccccc3)c2c1. The quantitative estimate of drug-likeness (QED) is 0.446. The molecule has 0 radical (unpaired) electrons. The highest BCUT2D eigenvalue weighted by Gasteiger charge is 2.10. The molecule has 2 aromatic carbocycles. The number of hydrogen-bond acceptors (Lipinski definition) is 3. The summed E-state index contributed by atoms with van der Waals surface area (Å²) in [6.45, 7) is 1.49. The normalized spacial score (nSPS) is 10.4. The van der Waals surface area contributed by atoms with E-state index in [-0.39, 0.29) is 24.9 Å². The molecule has 2 amide bonds. The standard InChI is InChI=1S/C20H22N4O2.ClH/c21-19(25)13-24-20(26)15-6-7-18-17(10-15)16(12-23-18)8-9-22-11-14-4-2-1-3-5-14;/h1-7,10,12,22-23H,8-9,11,13H2,(H2,21,25)(H,24,26);1H. The zero-order valence-corrected chi connectivity index (χ0v) is 15.6. The minimum atomic E-state index is -0.564. The number of carbonyl (C=O) groups is 2. The van der Waals surface area contributed by atoms with Gasteiger partial charge in [0.1, 0.15) is 0 Å². The Hall–Kier alpha value is -2.83. The summed E-state index contributed by atoms with van der Waals surface area (Å²) in [5.41, 5.74) is 8.95.